The normalized spacial score (nSPS) is 11.1. The number of halogens is 1. The number of amides is 1. The van der Waals surface area contributed by atoms with E-state index in [1.807, 2.05) is 66.4 Å². The van der Waals surface area contributed by atoms with Gasteiger partial charge in [-0.15, -0.1) is 0 Å². The fourth-order valence-electron chi connectivity index (χ4n) is 3.42. The molecular formula is C24H29ClN4O. The van der Waals surface area contributed by atoms with Gasteiger partial charge in [0.25, 0.3) is 5.91 Å². The maximum Gasteiger partial charge on any atom is 0.253 e. The minimum absolute atomic E-state index is 0.0695. The Morgan fingerprint density at radius 1 is 0.900 bits per heavy atom. The molecule has 1 aromatic heterocycles. The van der Waals surface area contributed by atoms with Crippen LogP contribution in [0.2, 0.25) is 5.02 Å². The number of rotatable bonds is 9. The van der Waals surface area contributed by atoms with Gasteiger partial charge >= 0.3 is 0 Å². The largest absolute Gasteiger partial charge is 0.338 e. The minimum atomic E-state index is 0.0695. The van der Waals surface area contributed by atoms with Crippen molar-refractivity contribution in [2.45, 2.75) is 20.8 Å². The molecule has 3 aromatic rings. The quantitative estimate of drug-likeness (QED) is 0.513. The highest BCUT2D eigenvalue weighted by Crippen LogP contribution is 2.25. The van der Waals surface area contributed by atoms with Crippen molar-refractivity contribution >= 4 is 17.5 Å². The summed E-state index contributed by atoms with van der Waals surface area (Å²) in [5, 5.41) is 8.20. The summed E-state index contributed by atoms with van der Waals surface area (Å²) in [5.41, 5.74) is 4.46. The van der Waals surface area contributed by atoms with Gasteiger partial charge in [0.05, 0.1) is 11.4 Å². The van der Waals surface area contributed by atoms with Crippen molar-refractivity contribution in [1.82, 2.24) is 20.0 Å². The molecule has 0 unspecified atom stereocenters. The Balaban J connectivity index is 1.69. The third-order valence-electron chi connectivity index (χ3n) is 5.41. The Labute approximate surface area is 183 Å². The number of hydrogen-bond donors (Lipinski definition) is 1. The molecule has 0 spiro atoms. The smallest absolute Gasteiger partial charge is 0.253 e. The Bertz CT molecular complexity index is 946. The van der Waals surface area contributed by atoms with E-state index in [9.17, 15) is 4.79 Å². The third-order valence-corrected chi connectivity index (χ3v) is 5.66. The van der Waals surface area contributed by atoms with Gasteiger partial charge in [-0.3, -0.25) is 9.89 Å². The number of carbonyl (C=O) groups is 1. The van der Waals surface area contributed by atoms with Gasteiger partial charge in [0, 0.05) is 35.8 Å². The van der Waals surface area contributed by atoms with Crippen LogP contribution in [0.25, 0.3) is 22.5 Å². The molecule has 0 saturated carbocycles. The van der Waals surface area contributed by atoms with Gasteiger partial charge in [0.15, 0.2) is 0 Å². The summed E-state index contributed by atoms with van der Waals surface area (Å²) >= 11 is 5.96. The maximum absolute atomic E-state index is 12.9. The second kappa shape index (κ2) is 10.4. The molecule has 1 N–H and O–H groups in total. The van der Waals surface area contributed by atoms with E-state index in [0.29, 0.717) is 17.1 Å². The summed E-state index contributed by atoms with van der Waals surface area (Å²) in [6.07, 6.45) is 0. The summed E-state index contributed by atoms with van der Waals surface area (Å²) in [7, 11) is 0. The molecule has 30 heavy (non-hydrogen) atoms. The van der Waals surface area contributed by atoms with E-state index in [1.165, 1.54) is 0 Å². The fraction of sp³-hybridized carbons (Fsp3) is 0.333. The molecule has 0 radical (unpaired) electrons. The first-order chi connectivity index (χ1) is 14.5. The Hall–Kier alpha value is -2.63. The molecular weight excluding hydrogens is 396 g/mol. The van der Waals surface area contributed by atoms with Crippen LogP contribution < -0.4 is 0 Å². The average Bonchev–Trinajstić information content (AvgIpc) is 3.27. The second-order valence-corrected chi connectivity index (χ2v) is 7.60. The number of carbonyl (C=O) groups excluding carboxylic acids is 1. The lowest BCUT2D eigenvalue weighted by molar-refractivity contribution is 0.0747. The number of benzene rings is 2. The highest BCUT2D eigenvalue weighted by atomic mass is 35.5. The van der Waals surface area contributed by atoms with Crippen molar-refractivity contribution in [3.8, 4) is 22.5 Å². The lowest BCUT2D eigenvalue weighted by Crippen LogP contribution is -2.38. The molecule has 0 aliphatic heterocycles. The number of likely N-dealkylation sites (N-methyl/N-ethyl adjacent to an activating group) is 2. The highest BCUT2D eigenvalue weighted by Gasteiger charge is 2.15. The summed E-state index contributed by atoms with van der Waals surface area (Å²) in [6, 6.07) is 17.3. The number of H-pyrrole nitrogens is 1. The fourth-order valence-corrected chi connectivity index (χ4v) is 3.54. The summed E-state index contributed by atoms with van der Waals surface area (Å²) in [5.74, 6) is 0.0695. The molecule has 0 bridgehead atoms. The number of hydrogen-bond acceptors (Lipinski definition) is 3. The van der Waals surface area contributed by atoms with Gasteiger partial charge in [-0.1, -0.05) is 49.7 Å². The van der Waals surface area contributed by atoms with Gasteiger partial charge in [0.1, 0.15) is 0 Å². The van der Waals surface area contributed by atoms with Gasteiger partial charge < -0.3 is 9.80 Å². The van der Waals surface area contributed by atoms with Gasteiger partial charge in [-0.2, -0.15) is 5.10 Å². The van der Waals surface area contributed by atoms with Gasteiger partial charge in [0.2, 0.25) is 0 Å². The topological polar surface area (TPSA) is 52.2 Å². The lowest BCUT2D eigenvalue weighted by atomic mass is 10.1. The molecule has 6 heteroatoms. The Kier molecular flexibility index (Phi) is 7.66. The van der Waals surface area contributed by atoms with E-state index < -0.39 is 0 Å². The monoisotopic (exact) mass is 424 g/mol. The number of aromatic nitrogens is 2. The Morgan fingerprint density at radius 2 is 1.53 bits per heavy atom. The van der Waals surface area contributed by atoms with Crippen LogP contribution in [0.15, 0.2) is 54.6 Å². The van der Waals surface area contributed by atoms with Crippen molar-refractivity contribution in [3.05, 3.63) is 65.2 Å². The van der Waals surface area contributed by atoms with Gasteiger partial charge in [-0.05, 0) is 55.9 Å². The molecule has 0 fully saturated rings. The third kappa shape index (κ3) is 5.29. The van der Waals surface area contributed by atoms with Crippen LogP contribution in [0.4, 0.5) is 0 Å². The molecule has 3 rings (SSSR count). The van der Waals surface area contributed by atoms with Crippen LogP contribution in [-0.2, 0) is 0 Å². The molecule has 5 nitrogen and oxygen atoms in total. The second-order valence-electron chi connectivity index (χ2n) is 7.16. The van der Waals surface area contributed by atoms with E-state index in [0.717, 1.165) is 48.7 Å². The van der Waals surface area contributed by atoms with Crippen LogP contribution >= 0.6 is 11.6 Å². The minimum Gasteiger partial charge on any atom is -0.338 e. The predicted molar refractivity (Wildman–Crippen MR) is 124 cm³/mol. The van der Waals surface area contributed by atoms with Crippen LogP contribution in [-0.4, -0.2) is 58.6 Å². The van der Waals surface area contributed by atoms with Crippen LogP contribution in [0, 0.1) is 0 Å². The molecule has 0 atom stereocenters. The van der Waals surface area contributed by atoms with E-state index in [1.54, 1.807) is 0 Å². The number of nitrogens with one attached hydrogen (secondary N) is 1. The van der Waals surface area contributed by atoms with E-state index in [2.05, 4.69) is 28.9 Å². The van der Waals surface area contributed by atoms with Crippen molar-refractivity contribution in [3.63, 3.8) is 0 Å². The van der Waals surface area contributed by atoms with Crippen molar-refractivity contribution in [2.75, 3.05) is 32.7 Å². The number of aromatic amines is 1. The lowest BCUT2D eigenvalue weighted by Gasteiger charge is -2.25. The molecule has 0 saturated heterocycles. The van der Waals surface area contributed by atoms with Crippen molar-refractivity contribution in [2.24, 2.45) is 0 Å². The number of nitrogens with zero attached hydrogens (tertiary/aromatic N) is 3. The van der Waals surface area contributed by atoms with E-state index >= 15 is 0 Å². The van der Waals surface area contributed by atoms with E-state index in [4.69, 9.17) is 11.6 Å². The average molecular weight is 425 g/mol. The zero-order valence-corrected chi connectivity index (χ0v) is 18.6. The first kappa shape index (κ1) is 22.1. The zero-order valence-electron chi connectivity index (χ0n) is 17.9. The molecule has 1 amide bonds. The van der Waals surface area contributed by atoms with Crippen LogP contribution in [0.5, 0.6) is 0 Å². The van der Waals surface area contributed by atoms with Crippen LogP contribution in [0.3, 0.4) is 0 Å². The standard InChI is InChI=1S/C24H29ClN4O/c1-4-28(5-2)15-16-29(6-3)24(30)20-9-7-18(8-10-20)22-17-23(27-26-22)19-11-13-21(25)14-12-19/h7-14,17H,4-6,15-16H2,1-3H3,(H,26,27). The van der Waals surface area contributed by atoms with Crippen molar-refractivity contribution in [1.29, 1.82) is 0 Å². The Morgan fingerprint density at radius 3 is 2.13 bits per heavy atom. The highest BCUT2D eigenvalue weighted by molar-refractivity contribution is 6.30. The summed E-state index contributed by atoms with van der Waals surface area (Å²) in [6.45, 7) is 10.6. The predicted octanol–water partition coefficient (Wildman–Crippen LogP) is 5.20. The molecule has 1 heterocycles. The molecule has 0 aliphatic rings. The van der Waals surface area contributed by atoms with E-state index in [-0.39, 0.29) is 5.91 Å². The summed E-state index contributed by atoms with van der Waals surface area (Å²) < 4.78 is 0. The zero-order chi connectivity index (χ0) is 21.5. The first-order valence-electron chi connectivity index (χ1n) is 10.5. The van der Waals surface area contributed by atoms with Crippen LogP contribution in [0.1, 0.15) is 31.1 Å². The molecule has 0 aliphatic carbocycles. The molecule has 2 aromatic carbocycles. The van der Waals surface area contributed by atoms with Crippen molar-refractivity contribution < 1.29 is 4.79 Å². The summed E-state index contributed by atoms with van der Waals surface area (Å²) in [4.78, 5) is 17.1. The maximum atomic E-state index is 12.9. The SMILES string of the molecule is CCN(CC)CCN(CC)C(=O)c1ccc(-c2cc(-c3ccc(Cl)cc3)[nH]n2)cc1. The molecule has 158 valence electrons. The van der Waals surface area contributed by atoms with Gasteiger partial charge in [-0.25, -0.2) is 0 Å². The first-order valence-corrected chi connectivity index (χ1v) is 10.9.